The quantitative estimate of drug-likeness (QED) is 0.461. The van der Waals surface area contributed by atoms with Crippen LogP contribution in [0.5, 0.6) is 0 Å². The first-order valence-electron chi connectivity index (χ1n) is 12.9. The number of aldehydes is 2. The molecule has 9 nitrogen and oxygen atoms in total. The minimum atomic E-state index is 0.282. The number of aromatic nitrogens is 2. The van der Waals surface area contributed by atoms with Crippen molar-refractivity contribution in [3.05, 3.63) is 41.8 Å². The first-order chi connectivity index (χ1) is 18.0. The van der Waals surface area contributed by atoms with Crippen molar-refractivity contribution in [1.82, 2.24) is 9.97 Å². The lowest BCUT2D eigenvalue weighted by molar-refractivity contribution is -0.112. The first-order valence-corrected chi connectivity index (χ1v) is 12.9. The monoisotopic (exact) mass is 509 g/mol. The molecule has 0 spiro atoms. The van der Waals surface area contributed by atoms with E-state index in [9.17, 15) is 9.59 Å². The summed E-state index contributed by atoms with van der Waals surface area (Å²) in [6, 6.07) is 7.74. The summed E-state index contributed by atoms with van der Waals surface area (Å²) < 4.78 is 10.8. The molecule has 1 saturated carbocycles. The van der Waals surface area contributed by atoms with Crippen LogP contribution >= 0.6 is 0 Å². The maximum absolute atomic E-state index is 11.0. The molecule has 5 rings (SSSR count). The van der Waals surface area contributed by atoms with Crippen LogP contribution < -0.4 is 15.5 Å². The molecule has 2 N–H and O–H groups in total. The Morgan fingerprint density at radius 3 is 2.30 bits per heavy atom. The summed E-state index contributed by atoms with van der Waals surface area (Å²) in [5.41, 5.74) is 3.13. The van der Waals surface area contributed by atoms with Gasteiger partial charge in [0.15, 0.2) is 17.6 Å². The van der Waals surface area contributed by atoms with E-state index in [1.165, 1.54) is 18.4 Å². The average Bonchev–Trinajstić information content (AvgIpc) is 3.32. The normalized spacial score (nSPS) is 19.1. The predicted octanol–water partition coefficient (Wildman–Crippen LogP) is 4.96. The van der Waals surface area contributed by atoms with Gasteiger partial charge >= 0.3 is 0 Å². The second-order valence-corrected chi connectivity index (χ2v) is 9.45. The molecule has 3 aromatic rings. The number of anilines is 3. The first kappa shape index (κ1) is 28.1. The Morgan fingerprint density at radius 2 is 1.73 bits per heavy atom. The minimum Gasteiger partial charge on any atom is -0.449 e. The molecule has 0 aromatic carbocycles. The van der Waals surface area contributed by atoms with Gasteiger partial charge in [0.1, 0.15) is 29.1 Å². The Hall–Kier alpha value is -3.46. The standard InChI is InChI=1S/C13H15N3O3.C8H14O.C7H10N2/c1-14-12-10(8-17)19-9-2-3-11(15-13(9)12)16-4-6-18-7-5-16;1-7-2-4-8(6-9)5-3-7;1-6-3-4-7(8-2)9-5-6/h2-3,8,14H,4-7H2,1H3;6-8H,2-5H2,1H3;3-5H,1-2H3,(H,8,9). The number of nitrogens with zero attached hydrogens (tertiary/aromatic N) is 3. The zero-order chi connectivity index (χ0) is 26.6. The lowest BCUT2D eigenvalue weighted by atomic mass is 9.84. The Labute approximate surface area is 219 Å². The van der Waals surface area contributed by atoms with Crippen molar-refractivity contribution in [3.8, 4) is 0 Å². The summed E-state index contributed by atoms with van der Waals surface area (Å²) in [6.07, 6.45) is 8.42. The lowest BCUT2D eigenvalue weighted by Crippen LogP contribution is -2.36. The molecule has 1 aliphatic heterocycles. The fourth-order valence-electron chi connectivity index (χ4n) is 4.31. The predicted molar refractivity (Wildman–Crippen MR) is 148 cm³/mol. The molecule has 2 fully saturated rings. The van der Waals surface area contributed by atoms with Crippen LogP contribution in [0.25, 0.3) is 11.1 Å². The van der Waals surface area contributed by atoms with Crippen LogP contribution in [-0.4, -0.2) is 62.9 Å². The van der Waals surface area contributed by atoms with Gasteiger partial charge in [-0.25, -0.2) is 9.97 Å². The number of carbonyl (C=O) groups excluding carboxylic acids is 2. The van der Waals surface area contributed by atoms with Gasteiger partial charge < -0.3 is 29.5 Å². The number of hydrogen-bond donors (Lipinski definition) is 2. The summed E-state index contributed by atoms with van der Waals surface area (Å²) in [5.74, 6) is 3.33. The van der Waals surface area contributed by atoms with Crippen LogP contribution in [-0.2, 0) is 9.53 Å². The van der Waals surface area contributed by atoms with Gasteiger partial charge in [-0.15, -0.1) is 0 Å². The zero-order valence-electron chi connectivity index (χ0n) is 22.3. The van der Waals surface area contributed by atoms with Crippen LogP contribution in [0, 0.1) is 18.8 Å². The molecular formula is C28H39N5O4. The van der Waals surface area contributed by atoms with Crippen molar-refractivity contribution in [1.29, 1.82) is 0 Å². The number of hydrogen-bond acceptors (Lipinski definition) is 9. The number of fused-ring (bicyclic) bond motifs is 1. The van der Waals surface area contributed by atoms with E-state index in [1.807, 2.05) is 44.4 Å². The molecule has 0 radical (unpaired) electrons. The highest BCUT2D eigenvalue weighted by Gasteiger charge is 2.18. The van der Waals surface area contributed by atoms with Gasteiger partial charge in [0.05, 0.1) is 13.2 Å². The summed E-state index contributed by atoms with van der Waals surface area (Å²) in [4.78, 5) is 32.1. The van der Waals surface area contributed by atoms with Gasteiger partial charge in [-0.05, 0) is 49.4 Å². The maximum Gasteiger partial charge on any atom is 0.192 e. The molecule has 200 valence electrons. The third-order valence-corrected chi connectivity index (χ3v) is 6.66. The van der Waals surface area contributed by atoms with Crippen LogP contribution in [0.3, 0.4) is 0 Å². The molecule has 37 heavy (non-hydrogen) atoms. The van der Waals surface area contributed by atoms with E-state index in [0.29, 0.717) is 42.2 Å². The molecule has 1 aliphatic carbocycles. The van der Waals surface area contributed by atoms with Crippen LogP contribution in [0.2, 0.25) is 0 Å². The van der Waals surface area contributed by atoms with E-state index in [4.69, 9.17) is 9.15 Å². The highest BCUT2D eigenvalue weighted by atomic mass is 16.5. The number of ether oxygens (including phenoxy) is 1. The van der Waals surface area contributed by atoms with Crippen molar-refractivity contribution >= 4 is 41.0 Å². The minimum absolute atomic E-state index is 0.282. The van der Waals surface area contributed by atoms with E-state index >= 15 is 0 Å². The molecule has 4 heterocycles. The summed E-state index contributed by atoms with van der Waals surface area (Å²) in [6.45, 7) is 7.36. The van der Waals surface area contributed by atoms with Crippen molar-refractivity contribution in [2.75, 3.05) is 55.9 Å². The Bertz CT molecular complexity index is 1120. The Morgan fingerprint density at radius 1 is 1.00 bits per heavy atom. The molecule has 2 aliphatic rings. The molecule has 3 aromatic heterocycles. The van der Waals surface area contributed by atoms with Crippen molar-refractivity contribution in [2.45, 2.75) is 39.5 Å². The van der Waals surface area contributed by atoms with Gasteiger partial charge in [0, 0.05) is 39.3 Å². The lowest BCUT2D eigenvalue weighted by Gasteiger charge is -2.27. The number of aryl methyl sites for hydroxylation is 1. The van der Waals surface area contributed by atoms with Gasteiger partial charge in [0.2, 0.25) is 0 Å². The maximum atomic E-state index is 11.0. The topological polar surface area (TPSA) is 110 Å². The van der Waals surface area contributed by atoms with Crippen LogP contribution in [0.15, 0.2) is 34.9 Å². The highest BCUT2D eigenvalue weighted by Crippen LogP contribution is 2.30. The van der Waals surface area contributed by atoms with Gasteiger partial charge in [0.25, 0.3) is 0 Å². The number of carbonyl (C=O) groups is 2. The fourth-order valence-corrected chi connectivity index (χ4v) is 4.31. The Kier molecular flexibility index (Phi) is 10.9. The number of pyridine rings is 2. The molecule has 1 saturated heterocycles. The molecule has 0 unspecified atom stereocenters. The molecule has 0 amide bonds. The van der Waals surface area contributed by atoms with Gasteiger partial charge in [-0.2, -0.15) is 0 Å². The number of furan rings is 1. The molecule has 0 bridgehead atoms. The largest absolute Gasteiger partial charge is 0.449 e. The van der Waals surface area contributed by atoms with Crippen molar-refractivity contribution in [2.24, 2.45) is 11.8 Å². The van der Waals surface area contributed by atoms with E-state index in [-0.39, 0.29) is 5.76 Å². The molecular weight excluding hydrogens is 470 g/mol. The highest BCUT2D eigenvalue weighted by molar-refractivity contribution is 5.97. The number of morpholine rings is 1. The van der Waals surface area contributed by atoms with E-state index < -0.39 is 0 Å². The third-order valence-electron chi connectivity index (χ3n) is 6.66. The number of rotatable bonds is 5. The summed E-state index contributed by atoms with van der Waals surface area (Å²) in [5, 5.41) is 5.91. The second kappa shape index (κ2) is 14.3. The van der Waals surface area contributed by atoms with Crippen molar-refractivity contribution in [3.63, 3.8) is 0 Å². The van der Waals surface area contributed by atoms with E-state index in [2.05, 4.69) is 32.4 Å². The van der Waals surface area contributed by atoms with E-state index in [1.54, 1.807) is 7.05 Å². The SMILES string of the molecule is CC1CCC(C=O)CC1.CNc1c(C=O)oc2ccc(N3CCOCC3)nc12.CNc1ccc(C)cn1. The summed E-state index contributed by atoms with van der Waals surface area (Å²) in [7, 11) is 3.61. The van der Waals surface area contributed by atoms with Gasteiger partial charge in [-0.3, -0.25) is 4.79 Å². The molecule has 9 heteroatoms. The second-order valence-electron chi connectivity index (χ2n) is 9.45. The van der Waals surface area contributed by atoms with Crippen molar-refractivity contribution < 1.29 is 18.7 Å². The smallest absolute Gasteiger partial charge is 0.192 e. The number of nitrogens with one attached hydrogen (secondary N) is 2. The summed E-state index contributed by atoms with van der Waals surface area (Å²) >= 11 is 0. The zero-order valence-corrected chi connectivity index (χ0v) is 22.3. The van der Waals surface area contributed by atoms with Crippen LogP contribution in [0.4, 0.5) is 17.3 Å². The average molecular weight is 510 g/mol. The molecule has 0 atom stereocenters. The third kappa shape index (κ3) is 8.01. The van der Waals surface area contributed by atoms with E-state index in [0.717, 1.165) is 49.8 Å². The Balaban J connectivity index is 0.000000176. The van der Waals surface area contributed by atoms with Crippen LogP contribution in [0.1, 0.15) is 48.7 Å². The van der Waals surface area contributed by atoms with Gasteiger partial charge in [-0.1, -0.05) is 25.8 Å². The fraction of sp³-hybridized carbons (Fsp3) is 0.500.